The van der Waals surface area contributed by atoms with Crippen molar-refractivity contribution in [3.8, 4) is 0 Å². The highest BCUT2D eigenvalue weighted by Gasteiger charge is 2.00. The first-order valence-electron chi connectivity index (χ1n) is 5.10. The summed E-state index contributed by atoms with van der Waals surface area (Å²) in [5, 5.41) is 5.94. The monoisotopic (exact) mass is 223 g/mol. The van der Waals surface area contributed by atoms with Crippen LogP contribution >= 0.6 is 0 Å². The van der Waals surface area contributed by atoms with Crippen LogP contribution in [-0.2, 0) is 6.54 Å². The van der Waals surface area contributed by atoms with Crippen molar-refractivity contribution in [1.82, 2.24) is 25.5 Å². The van der Waals surface area contributed by atoms with Gasteiger partial charge in [-0.05, 0) is 0 Å². The summed E-state index contributed by atoms with van der Waals surface area (Å²) in [6, 6.07) is -0.0788. The van der Waals surface area contributed by atoms with E-state index >= 15 is 0 Å². The standard InChI is InChI=1S/C10H17N5O/c1-15(2)10(16)14-4-3-11-5-9-6-12-8-13-7-9/h6-8,11H,3-5H2,1-2H3,(H,14,16). The van der Waals surface area contributed by atoms with E-state index in [2.05, 4.69) is 20.6 Å². The lowest BCUT2D eigenvalue weighted by molar-refractivity contribution is 0.217. The Labute approximate surface area is 95.1 Å². The first-order chi connectivity index (χ1) is 7.70. The van der Waals surface area contributed by atoms with Gasteiger partial charge in [-0.3, -0.25) is 0 Å². The molecule has 0 unspecified atom stereocenters. The van der Waals surface area contributed by atoms with Crippen LogP contribution in [0.1, 0.15) is 5.56 Å². The summed E-state index contributed by atoms with van der Waals surface area (Å²) in [4.78, 5) is 20.5. The average molecular weight is 223 g/mol. The van der Waals surface area contributed by atoms with Gasteiger partial charge in [0.15, 0.2) is 0 Å². The first kappa shape index (κ1) is 12.4. The van der Waals surface area contributed by atoms with Gasteiger partial charge in [0.05, 0.1) is 0 Å². The molecular formula is C10H17N5O. The third kappa shape index (κ3) is 4.70. The van der Waals surface area contributed by atoms with Crippen molar-refractivity contribution in [3.63, 3.8) is 0 Å². The lowest BCUT2D eigenvalue weighted by Gasteiger charge is -2.12. The fourth-order valence-electron chi connectivity index (χ4n) is 1.07. The summed E-state index contributed by atoms with van der Waals surface area (Å²) in [7, 11) is 3.42. The van der Waals surface area contributed by atoms with Gasteiger partial charge in [0.1, 0.15) is 6.33 Å². The minimum atomic E-state index is -0.0788. The van der Waals surface area contributed by atoms with Crippen molar-refractivity contribution >= 4 is 6.03 Å². The van der Waals surface area contributed by atoms with E-state index in [1.807, 2.05) is 0 Å². The normalized spacial score (nSPS) is 9.88. The van der Waals surface area contributed by atoms with E-state index in [4.69, 9.17) is 0 Å². The van der Waals surface area contributed by atoms with Gasteiger partial charge in [-0.15, -0.1) is 0 Å². The lowest BCUT2D eigenvalue weighted by atomic mass is 10.3. The molecule has 0 aliphatic rings. The lowest BCUT2D eigenvalue weighted by Crippen LogP contribution is -2.38. The molecule has 6 heteroatoms. The number of urea groups is 1. The maximum absolute atomic E-state index is 11.1. The van der Waals surface area contributed by atoms with Crippen molar-refractivity contribution in [3.05, 3.63) is 24.3 Å². The Bertz CT molecular complexity index is 314. The van der Waals surface area contributed by atoms with Gasteiger partial charge in [-0.25, -0.2) is 14.8 Å². The van der Waals surface area contributed by atoms with E-state index in [9.17, 15) is 4.79 Å². The fraction of sp³-hybridized carbons (Fsp3) is 0.500. The van der Waals surface area contributed by atoms with Gasteiger partial charge in [0.2, 0.25) is 0 Å². The van der Waals surface area contributed by atoms with Crippen LogP contribution in [0.15, 0.2) is 18.7 Å². The van der Waals surface area contributed by atoms with Gasteiger partial charge in [0, 0.05) is 51.7 Å². The summed E-state index contributed by atoms with van der Waals surface area (Å²) in [5.74, 6) is 0. The molecule has 0 bridgehead atoms. The number of hydrogen-bond donors (Lipinski definition) is 2. The SMILES string of the molecule is CN(C)C(=O)NCCNCc1cncnc1. The second-order valence-corrected chi connectivity index (χ2v) is 3.55. The summed E-state index contributed by atoms with van der Waals surface area (Å²) in [6.07, 6.45) is 5.03. The minimum Gasteiger partial charge on any atom is -0.337 e. The molecule has 0 fully saturated rings. The topological polar surface area (TPSA) is 70.2 Å². The summed E-state index contributed by atoms with van der Waals surface area (Å²) >= 11 is 0. The molecule has 1 aromatic heterocycles. The Morgan fingerprint density at radius 2 is 2.00 bits per heavy atom. The average Bonchev–Trinajstić information content (AvgIpc) is 2.29. The van der Waals surface area contributed by atoms with Crippen LogP contribution in [0.25, 0.3) is 0 Å². The molecule has 16 heavy (non-hydrogen) atoms. The van der Waals surface area contributed by atoms with Crippen LogP contribution in [0.5, 0.6) is 0 Å². The predicted molar refractivity (Wildman–Crippen MR) is 60.8 cm³/mol. The Kier molecular flexibility index (Phi) is 5.21. The second kappa shape index (κ2) is 6.73. The molecule has 0 radical (unpaired) electrons. The molecule has 0 spiro atoms. The number of aromatic nitrogens is 2. The maximum atomic E-state index is 11.1. The molecule has 0 aromatic carbocycles. The van der Waals surface area contributed by atoms with Gasteiger partial charge in [-0.1, -0.05) is 0 Å². The van der Waals surface area contributed by atoms with E-state index in [-0.39, 0.29) is 6.03 Å². The Morgan fingerprint density at radius 1 is 1.31 bits per heavy atom. The van der Waals surface area contributed by atoms with E-state index < -0.39 is 0 Å². The molecule has 88 valence electrons. The molecule has 2 amide bonds. The van der Waals surface area contributed by atoms with E-state index in [1.54, 1.807) is 26.5 Å². The third-order valence-corrected chi connectivity index (χ3v) is 1.93. The van der Waals surface area contributed by atoms with E-state index in [1.165, 1.54) is 11.2 Å². The molecular weight excluding hydrogens is 206 g/mol. The highest BCUT2D eigenvalue weighted by Crippen LogP contribution is 1.90. The zero-order valence-electron chi connectivity index (χ0n) is 9.60. The highest BCUT2D eigenvalue weighted by molar-refractivity contribution is 5.73. The van der Waals surface area contributed by atoms with Crippen LogP contribution in [0.3, 0.4) is 0 Å². The number of amides is 2. The smallest absolute Gasteiger partial charge is 0.316 e. The van der Waals surface area contributed by atoms with Crippen LogP contribution in [0.2, 0.25) is 0 Å². The zero-order chi connectivity index (χ0) is 11.8. The van der Waals surface area contributed by atoms with Gasteiger partial charge >= 0.3 is 6.03 Å². The summed E-state index contributed by atoms with van der Waals surface area (Å²) in [6.45, 7) is 2.03. The predicted octanol–water partition coefficient (Wildman–Crippen LogP) is -0.163. The van der Waals surface area contributed by atoms with Crippen molar-refractivity contribution < 1.29 is 4.79 Å². The van der Waals surface area contributed by atoms with Crippen LogP contribution in [0.4, 0.5) is 4.79 Å². The molecule has 2 N–H and O–H groups in total. The number of rotatable bonds is 5. The number of nitrogens with one attached hydrogen (secondary N) is 2. The van der Waals surface area contributed by atoms with Gasteiger partial charge in [-0.2, -0.15) is 0 Å². The Hall–Kier alpha value is -1.69. The summed E-state index contributed by atoms with van der Waals surface area (Å²) < 4.78 is 0. The Morgan fingerprint density at radius 3 is 2.62 bits per heavy atom. The van der Waals surface area contributed by atoms with Crippen molar-refractivity contribution in [2.75, 3.05) is 27.2 Å². The first-order valence-corrected chi connectivity index (χ1v) is 5.10. The number of nitrogens with zero attached hydrogens (tertiary/aromatic N) is 3. The second-order valence-electron chi connectivity index (χ2n) is 3.55. The van der Waals surface area contributed by atoms with E-state index in [0.29, 0.717) is 19.6 Å². The van der Waals surface area contributed by atoms with Crippen molar-refractivity contribution in [1.29, 1.82) is 0 Å². The minimum absolute atomic E-state index is 0.0788. The molecule has 0 atom stereocenters. The molecule has 0 aliphatic heterocycles. The number of carbonyl (C=O) groups is 1. The van der Waals surface area contributed by atoms with Crippen LogP contribution in [-0.4, -0.2) is 48.1 Å². The van der Waals surface area contributed by atoms with Crippen molar-refractivity contribution in [2.45, 2.75) is 6.54 Å². The molecule has 1 rings (SSSR count). The van der Waals surface area contributed by atoms with Crippen molar-refractivity contribution in [2.24, 2.45) is 0 Å². The van der Waals surface area contributed by atoms with Gasteiger partial charge < -0.3 is 15.5 Å². The number of hydrogen-bond acceptors (Lipinski definition) is 4. The van der Waals surface area contributed by atoms with Crippen LogP contribution < -0.4 is 10.6 Å². The molecule has 6 nitrogen and oxygen atoms in total. The molecule has 1 heterocycles. The number of carbonyl (C=O) groups excluding carboxylic acids is 1. The molecule has 0 saturated heterocycles. The van der Waals surface area contributed by atoms with Gasteiger partial charge in [0.25, 0.3) is 0 Å². The maximum Gasteiger partial charge on any atom is 0.316 e. The van der Waals surface area contributed by atoms with E-state index in [0.717, 1.165) is 5.56 Å². The fourth-order valence-corrected chi connectivity index (χ4v) is 1.07. The molecule has 0 saturated carbocycles. The molecule has 0 aliphatic carbocycles. The summed E-state index contributed by atoms with van der Waals surface area (Å²) in [5.41, 5.74) is 1.03. The largest absolute Gasteiger partial charge is 0.337 e. The third-order valence-electron chi connectivity index (χ3n) is 1.93. The zero-order valence-corrected chi connectivity index (χ0v) is 9.60. The highest BCUT2D eigenvalue weighted by atomic mass is 16.2. The molecule has 1 aromatic rings. The quantitative estimate of drug-likeness (QED) is 0.680. The van der Waals surface area contributed by atoms with Crippen LogP contribution in [0, 0.1) is 0 Å². The Balaban J connectivity index is 2.07.